The highest BCUT2D eigenvalue weighted by Crippen LogP contribution is 2.30. The Hall–Kier alpha value is -2.05. The number of carbonyl (C=O) groups is 1. The van der Waals surface area contributed by atoms with Crippen LogP contribution in [0.2, 0.25) is 5.02 Å². The fourth-order valence-corrected chi connectivity index (χ4v) is 2.22. The van der Waals surface area contributed by atoms with Crippen LogP contribution < -0.4 is 10.6 Å². The highest BCUT2D eigenvalue weighted by molar-refractivity contribution is 6.30. The highest BCUT2D eigenvalue weighted by Gasteiger charge is 2.24. The van der Waals surface area contributed by atoms with Crippen molar-refractivity contribution in [2.75, 3.05) is 25.6 Å². The van der Waals surface area contributed by atoms with Gasteiger partial charge in [-0.1, -0.05) is 23.7 Å². The minimum Gasteiger partial charge on any atom is -0.383 e. The summed E-state index contributed by atoms with van der Waals surface area (Å²) in [4.78, 5) is 12.7. The first-order valence-electron chi connectivity index (χ1n) is 7.86. The Kier molecular flexibility index (Phi) is 6.63. The van der Waals surface area contributed by atoms with Gasteiger partial charge in [0, 0.05) is 30.3 Å². The first-order chi connectivity index (χ1) is 11.6. The summed E-state index contributed by atoms with van der Waals surface area (Å²) in [5.41, 5.74) is 1.12. The zero-order valence-electron chi connectivity index (χ0n) is 14.1. The van der Waals surface area contributed by atoms with Crippen molar-refractivity contribution in [1.82, 2.24) is 10.5 Å². The zero-order valence-corrected chi connectivity index (χ0v) is 14.8. The molecule has 2 N–H and O–H groups in total. The van der Waals surface area contributed by atoms with Crippen molar-refractivity contribution in [1.29, 1.82) is 0 Å². The van der Waals surface area contributed by atoms with E-state index in [0.29, 0.717) is 35.3 Å². The second-order valence-electron chi connectivity index (χ2n) is 5.44. The summed E-state index contributed by atoms with van der Waals surface area (Å²) in [6.45, 7) is 4.98. The van der Waals surface area contributed by atoms with Gasteiger partial charge in [-0.15, -0.1) is 0 Å². The Morgan fingerprint density at radius 1 is 1.38 bits per heavy atom. The first kappa shape index (κ1) is 18.3. The monoisotopic (exact) mass is 351 g/mol. The van der Waals surface area contributed by atoms with Gasteiger partial charge in [0.15, 0.2) is 11.6 Å². The average Bonchev–Trinajstić information content (AvgIpc) is 2.99. The standard InChI is InChI=1S/C17H22ClN3O3/c1-4-11(2)20-17(22)14-15(12-5-7-13(18)8-6-12)24-21-16(14)19-9-10-23-3/h5-8,11H,4,9-10H2,1-3H3,(H,19,21)(H,20,22)/t11-/m0/s1. The summed E-state index contributed by atoms with van der Waals surface area (Å²) in [7, 11) is 1.61. The molecule has 1 aromatic heterocycles. The largest absolute Gasteiger partial charge is 0.383 e. The van der Waals surface area contributed by atoms with Crippen molar-refractivity contribution in [3.8, 4) is 11.3 Å². The summed E-state index contributed by atoms with van der Waals surface area (Å²) < 4.78 is 10.4. The Morgan fingerprint density at radius 3 is 2.71 bits per heavy atom. The Labute approximate surface area is 146 Å². The van der Waals surface area contributed by atoms with Gasteiger partial charge >= 0.3 is 0 Å². The lowest BCUT2D eigenvalue weighted by Gasteiger charge is -2.12. The van der Waals surface area contributed by atoms with E-state index in [2.05, 4.69) is 15.8 Å². The lowest BCUT2D eigenvalue weighted by molar-refractivity contribution is 0.0940. The molecule has 7 heteroatoms. The molecule has 1 atom stereocenters. The number of hydrogen-bond acceptors (Lipinski definition) is 5. The van der Waals surface area contributed by atoms with E-state index >= 15 is 0 Å². The van der Waals surface area contributed by atoms with E-state index in [1.54, 1.807) is 31.4 Å². The number of nitrogens with one attached hydrogen (secondary N) is 2. The van der Waals surface area contributed by atoms with Crippen LogP contribution in [0.15, 0.2) is 28.8 Å². The van der Waals surface area contributed by atoms with Crippen LogP contribution in [0.3, 0.4) is 0 Å². The van der Waals surface area contributed by atoms with Gasteiger partial charge in [0.05, 0.1) is 6.61 Å². The van der Waals surface area contributed by atoms with E-state index < -0.39 is 0 Å². The summed E-state index contributed by atoms with van der Waals surface area (Å²) in [6, 6.07) is 7.13. The van der Waals surface area contributed by atoms with Crippen LogP contribution in [-0.2, 0) is 4.74 Å². The quantitative estimate of drug-likeness (QED) is 0.711. The molecule has 0 aliphatic heterocycles. The van der Waals surface area contributed by atoms with Gasteiger partial charge in [0.25, 0.3) is 5.91 Å². The lowest BCUT2D eigenvalue weighted by atomic mass is 10.1. The third kappa shape index (κ3) is 4.49. The Morgan fingerprint density at radius 2 is 2.08 bits per heavy atom. The number of halogens is 1. The van der Waals surface area contributed by atoms with Crippen LogP contribution in [0.5, 0.6) is 0 Å². The molecule has 0 bridgehead atoms. The maximum absolute atomic E-state index is 12.7. The molecule has 0 aliphatic carbocycles. The summed E-state index contributed by atoms with van der Waals surface area (Å²) in [5.74, 6) is 0.584. The Bertz CT molecular complexity index is 670. The molecule has 1 heterocycles. The fourth-order valence-electron chi connectivity index (χ4n) is 2.09. The molecule has 2 rings (SSSR count). The van der Waals surface area contributed by atoms with Crippen LogP contribution in [0, 0.1) is 0 Å². The Balaban J connectivity index is 2.35. The molecule has 2 aromatic rings. The van der Waals surface area contributed by atoms with E-state index in [4.69, 9.17) is 20.9 Å². The first-order valence-corrected chi connectivity index (χ1v) is 8.23. The number of nitrogens with zero attached hydrogens (tertiary/aromatic N) is 1. The second-order valence-corrected chi connectivity index (χ2v) is 5.88. The van der Waals surface area contributed by atoms with Gasteiger partial charge in [0.2, 0.25) is 0 Å². The molecule has 130 valence electrons. The fraction of sp³-hybridized carbons (Fsp3) is 0.412. The van der Waals surface area contributed by atoms with Crippen LogP contribution in [0.25, 0.3) is 11.3 Å². The molecular formula is C17H22ClN3O3. The minimum absolute atomic E-state index is 0.0530. The molecule has 0 fully saturated rings. The molecule has 1 amide bonds. The number of anilines is 1. The molecule has 6 nitrogen and oxygen atoms in total. The molecule has 0 saturated carbocycles. The number of benzene rings is 1. The van der Waals surface area contributed by atoms with Crippen molar-refractivity contribution in [3.63, 3.8) is 0 Å². The molecule has 1 aromatic carbocycles. The van der Waals surface area contributed by atoms with E-state index in [1.807, 2.05) is 13.8 Å². The smallest absolute Gasteiger partial charge is 0.259 e. The number of ether oxygens (including phenoxy) is 1. The van der Waals surface area contributed by atoms with Crippen molar-refractivity contribution in [2.45, 2.75) is 26.3 Å². The highest BCUT2D eigenvalue weighted by atomic mass is 35.5. The van der Waals surface area contributed by atoms with Crippen molar-refractivity contribution in [2.24, 2.45) is 0 Å². The summed E-state index contributed by atoms with van der Waals surface area (Å²) in [5, 5.41) is 10.6. The lowest BCUT2D eigenvalue weighted by Crippen LogP contribution is -2.32. The van der Waals surface area contributed by atoms with Crippen LogP contribution in [0.1, 0.15) is 30.6 Å². The summed E-state index contributed by atoms with van der Waals surface area (Å²) in [6.07, 6.45) is 0.833. The number of amides is 1. The number of methoxy groups -OCH3 is 1. The predicted molar refractivity (Wildman–Crippen MR) is 94.5 cm³/mol. The normalized spacial score (nSPS) is 12.0. The molecule has 0 unspecified atom stereocenters. The van der Waals surface area contributed by atoms with Crippen molar-refractivity contribution >= 4 is 23.3 Å². The molecule has 0 radical (unpaired) electrons. The molecule has 0 aliphatic rings. The van der Waals surface area contributed by atoms with Gasteiger partial charge in [-0.25, -0.2) is 0 Å². The third-order valence-electron chi connectivity index (χ3n) is 3.61. The van der Waals surface area contributed by atoms with Crippen molar-refractivity contribution < 1.29 is 14.1 Å². The predicted octanol–water partition coefficient (Wildman–Crippen LogP) is 3.58. The summed E-state index contributed by atoms with van der Waals surface area (Å²) >= 11 is 5.93. The third-order valence-corrected chi connectivity index (χ3v) is 3.87. The van der Waals surface area contributed by atoms with Gasteiger partial charge in [-0.2, -0.15) is 0 Å². The topological polar surface area (TPSA) is 76.4 Å². The van der Waals surface area contributed by atoms with Gasteiger partial charge in [-0.3, -0.25) is 4.79 Å². The van der Waals surface area contributed by atoms with E-state index in [-0.39, 0.29) is 11.9 Å². The van der Waals surface area contributed by atoms with Crippen LogP contribution >= 0.6 is 11.6 Å². The second kappa shape index (κ2) is 8.70. The average molecular weight is 352 g/mol. The molecule has 0 spiro atoms. The van der Waals surface area contributed by atoms with Gasteiger partial charge in [0.1, 0.15) is 5.56 Å². The number of carbonyl (C=O) groups excluding carboxylic acids is 1. The maximum atomic E-state index is 12.7. The van der Waals surface area contributed by atoms with E-state index in [9.17, 15) is 4.79 Å². The molecule has 24 heavy (non-hydrogen) atoms. The van der Waals surface area contributed by atoms with Gasteiger partial charge in [-0.05, 0) is 37.6 Å². The minimum atomic E-state index is -0.226. The maximum Gasteiger partial charge on any atom is 0.259 e. The van der Waals surface area contributed by atoms with Gasteiger partial charge < -0.3 is 19.9 Å². The van der Waals surface area contributed by atoms with Crippen LogP contribution in [0.4, 0.5) is 5.82 Å². The SMILES string of the molecule is CC[C@H](C)NC(=O)c1c(NCCOC)noc1-c1ccc(Cl)cc1. The van der Waals surface area contributed by atoms with Crippen LogP contribution in [-0.4, -0.2) is 37.4 Å². The number of rotatable bonds is 8. The van der Waals surface area contributed by atoms with E-state index in [0.717, 1.165) is 12.0 Å². The number of aromatic nitrogens is 1. The number of hydrogen-bond donors (Lipinski definition) is 2. The zero-order chi connectivity index (χ0) is 17.5. The molecule has 0 saturated heterocycles. The van der Waals surface area contributed by atoms with Crippen molar-refractivity contribution in [3.05, 3.63) is 34.9 Å². The van der Waals surface area contributed by atoms with E-state index in [1.165, 1.54) is 0 Å². The molecular weight excluding hydrogens is 330 g/mol.